The lowest BCUT2D eigenvalue weighted by atomic mass is 10.0. The standard InChI is InChI=1S/C24H27BrN4O2S/c1-16-11-19-14-28(15-22(16)29(19)23-8-7-18(12-26)13-27-23)24(30)9-10-32(31)17(2)20-5-3-4-6-21(20)25/h3-8,13,16-17,19,22H,9-11,14-15H2,1-2H3/t16-,17?,19?,22?,32?/m0/s1. The Morgan fingerprint density at radius 1 is 1.31 bits per heavy atom. The number of halogens is 1. The molecule has 4 rings (SSSR count). The number of aromatic nitrogens is 1. The molecule has 2 bridgehead atoms. The van der Waals surface area contributed by atoms with Crippen LogP contribution < -0.4 is 4.90 Å². The van der Waals surface area contributed by atoms with Gasteiger partial charge in [-0.15, -0.1) is 0 Å². The van der Waals surface area contributed by atoms with Gasteiger partial charge in [-0.2, -0.15) is 5.26 Å². The van der Waals surface area contributed by atoms with E-state index in [4.69, 9.17) is 5.26 Å². The minimum atomic E-state index is -1.12. The molecular formula is C24H27BrN4O2S. The van der Waals surface area contributed by atoms with Crippen molar-refractivity contribution in [2.75, 3.05) is 23.7 Å². The summed E-state index contributed by atoms with van der Waals surface area (Å²) in [4.78, 5) is 21.7. The second kappa shape index (κ2) is 9.72. The summed E-state index contributed by atoms with van der Waals surface area (Å²) in [6, 6.07) is 14.1. The summed E-state index contributed by atoms with van der Waals surface area (Å²) >= 11 is 3.53. The second-order valence-corrected chi connectivity index (χ2v) is 11.4. The lowest BCUT2D eigenvalue weighted by Crippen LogP contribution is -2.56. The van der Waals surface area contributed by atoms with E-state index in [-0.39, 0.29) is 23.2 Å². The highest BCUT2D eigenvalue weighted by Crippen LogP contribution is 2.38. The van der Waals surface area contributed by atoms with Crippen molar-refractivity contribution in [2.24, 2.45) is 5.92 Å². The number of hydrogen-bond acceptors (Lipinski definition) is 5. The molecule has 32 heavy (non-hydrogen) atoms. The smallest absolute Gasteiger partial charge is 0.223 e. The van der Waals surface area contributed by atoms with Gasteiger partial charge in [0.05, 0.1) is 16.9 Å². The van der Waals surface area contributed by atoms with Crippen LogP contribution in [0.25, 0.3) is 0 Å². The first kappa shape index (κ1) is 22.9. The molecule has 2 aliphatic heterocycles. The summed E-state index contributed by atoms with van der Waals surface area (Å²) < 4.78 is 13.8. The normalized spacial score (nSPS) is 24.1. The number of hydrogen-bond donors (Lipinski definition) is 0. The van der Waals surface area contributed by atoms with Crippen molar-refractivity contribution in [3.8, 4) is 6.07 Å². The first-order chi connectivity index (χ1) is 15.4. The third kappa shape index (κ3) is 4.60. The van der Waals surface area contributed by atoms with Gasteiger partial charge in [0.15, 0.2) is 0 Å². The van der Waals surface area contributed by atoms with E-state index in [0.717, 1.165) is 22.3 Å². The van der Waals surface area contributed by atoms with Crippen LogP contribution in [0.2, 0.25) is 0 Å². The van der Waals surface area contributed by atoms with Gasteiger partial charge in [0, 0.05) is 52.8 Å². The van der Waals surface area contributed by atoms with E-state index in [2.05, 4.69) is 38.8 Å². The van der Waals surface area contributed by atoms with Crippen LogP contribution in [0.3, 0.4) is 0 Å². The maximum absolute atomic E-state index is 13.0. The number of anilines is 1. The van der Waals surface area contributed by atoms with E-state index >= 15 is 0 Å². The number of carbonyl (C=O) groups excluding carboxylic acids is 1. The number of amides is 1. The van der Waals surface area contributed by atoms with Crippen LogP contribution >= 0.6 is 15.9 Å². The van der Waals surface area contributed by atoms with Gasteiger partial charge >= 0.3 is 0 Å². The van der Waals surface area contributed by atoms with Crippen LogP contribution in [0.1, 0.15) is 43.1 Å². The zero-order chi connectivity index (χ0) is 22.8. The Bertz CT molecular complexity index is 1050. The number of carbonyl (C=O) groups is 1. The quantitative estimate of drug-likeness (QED) is 0.581. The minimum Gasteiger partial charge on any atom is -0.347 e. The molecule has 6 nitrogen and oxygen atoms in total. The predicted octanol–water partition coefficient (Wildman–Crippen LogP) is 4.04. The molecule has 2 aliphatic rings. The molecule has 168 valence electrons. The number of benzene rings is 1. The Balaban J connectivity index is 1.37. The third-order valence-corrected chi connectivity index (χ3v) is 9.01. The van der Waals surface area contributed by atoms with Crippen molar-refractivity contribution in [3.63, 3.8) is 0 Å². The van der Waals surface area contributed by atoms with Gasteiger partial charge in [-0.3, -0.25) is 9.00 Å². The molecule has 2 fully saturated rings. The van der Waals surface area contributed by atoms with Crippen molar-refractivity contribution in [1.29, 1.82) is 5.26 Å². The first-order valence-corrected chi connectivity index (χ1v) is 13.1. The van der Waals surface area contributed by atoms with E-state index in [0.29, 0.717) is 36.7 Å². The summed E-state index contributed by atoms with van der Waals surface area (Å²) in [6.45, 7) is 5.49. The Morgan fingerprint density at radius 2 is 2.09 bits per heavy atom. The molecule has 4 unspecified atom stereocenters. The molecule has 2 aromatic rings. The molecule has 1 aromatic carbocycles. The molecule has 1 amide bonds. The van der Waals surface area contributed by atoms with Gasteiger partial charge in [0.25, 0.3) is 0 Å². The third-order valence-electron chi connectivity index (χ3n) is 6.64. The Labute approximate surface area is 200 Å². The highest BCUT2D eigenvalue weighted by Gasteiger charge is 2.45. The largest absolute Gasteiger partial charge is 0.347 e. The van der Waals surface area contributed by atoms with Crippen LogP contribution in [0, 0.1) is 17.2 Å². The molecule has 0 aliphatic carbocycles. The molecule has 0 radical (unpaired) electrons. The number of piperazine rings is 1. The number of nitriles is 1. The van der Waals surface area contributed by atoms with E-state index < -0.39 is 10.8 Å². The molecular weight excluding hydrogens is 488 g/mol. The van der Waals surface area contributed by atoms with E-state index in [1.54, 1.807) is 12.3 Å². The van der Waals surface area contributed by atoms with Crippen molar-refractivity contribution < 1.29 is 9.00 Å². The number of rotatable bonds is 6. The van der Waals surface area contributed by atoms with Crippen LogP contribution in [-0.4, -0.2) is 50.9 Å². The maximum Gasteiger partial charge on any atom is 0.223 e. The van der Waals surface area contributed by atoms with E-state index in [1.807, 2.05) is 42.2 Å². The van der Waals surface area contributed by atoms with Crippen molar-refractivity contribution >= 4 is 38.5 Å². The summed E-state index contributed by atoms with van der Waals surface area (Å²) in [6.07, 6.45) is 2.92. The highest BCUT2D eigenvalue weighted by molar-refractivity contribution is 9.10. The molecule has 3 heterocycles. The molecule has 2 saturated heterocycles. The number of fused-ring (bicyclic) bond motifs is 2. The van der Waals surface area contributed by atoms with E-state index in [1.165, 1.54) is 0 Å². The van der Waals surface area contributed by atoms with Crippen molar-refractivity contribution in [1.82, 2.24) is 9.88 Å². The molecule has 1 aromatic heterocycles. The number of nitrogens with zero attached hydrogens (tertiary/aromatic N) is 4. The Kier molecular flexibility index (Phi) is 6.96. The Morgan fingerprint density at radius 3 is 2.75 bits per heavy atom. The van der Waals surface area contributed by atoms with Crippen molar-refractivity contribution in [3.05, 3.63) is 58.2 Å². The number of pyridine rings is 1. The van der Waals surface area contributed by atoms with Gasteiger partial charge in [0.1, 0.15) is 11.9 Å². The lowest BCUT2D eigenvalue weighted by Gasteiger charge is -2.42. The van der Waals surface area contributed by atoms with E-state index in [9.17, 15) is 9.00 Å². The molecule has 8 heteroatoms. The van der Waals surface area contributed by atoms with Crippen LogP contribution in [0.4, 0.5) is 5.82 Å². The monoisotopic (exact) mass is 514 g/mol. The predicted molar refractivity (Wildman–Crippen MR) is 130 cm³/mol. The second-order valence-electron chi connectivity index (χ2n) is 8.66. The molecule has 0 spiro atoms. The summed E-state index contributed by atoms with van der Waals surface area (Å²) in [5.74, 6) is 1.77. The van der Waals surface area contributed by atoms with Crippen LogP contribution in [0.5, 0.6) is 0 Å². The van der Waals surface area contributed by atoms with Crippen molar-refractivity contribution in [2.45, 2.75) is 44.0 Å². The highest BCUT2D eigenvalue weighted by atomic mass is 79.9. The SMILES string of the molecule is CC(c1ccccc1Br)S(=O)CCC(=O)N1CC2C[C@H](C)C(C1)N2c1ccc(C#N)cn1. The van der Waals surface area contributed by atoms with Crippen LogP contribution in [0.15, 0.2) is 47.1 Å². The summed E-state index contributed by atoms with van der Waals surface area (Å²) in [7, 11) is -1.12. The fourth-order valence-corrected chi connectivity index (χ4v) is 6.86. The first-order valence-electron chi connectivity index (χ1n) is 10.9. The maximum atomic E-state index is 13.0. The van der Waals surface area contributed by atoms with Gasteiger partial charge in [-0.25, -0.2) is 4.98 Å². The molecule has 0 N–H and O–H groups in total. The number of likely N-dealkylation sites (tertiary alicyclic amines) is 1. The Hall–Kier alpha value is -2.24. The van der Waals surface area contributed by atoms with Gasteiger partial charge < -0.3 is 9.80 Å². The van der Waals surface area contributed by atoms with Gasteiger partial charge in [-0.1, -0.05) is 41.1 Å². The summed E-state index contributed by atoms with van der Waals surface area (Å²) in [5, 5.41) is 8.89. The fourth-order valence-electron chi connectivity index (χ4n) is 4.86. The zero-order valence-electron chi connectivity index (χ0n) is 18.3. The molecule has 5 atom stereocenters. The van der Waals surface area contributed by atoms with Gasteiger partial charge in [0.2, 0.25) is 5.91 Å². The molecule has 0 saturated carbocycles. The lowest BCUT2D eigenvalue weighted by molar-refractivity contribution is -0.131. The average Bonchev–Trinajstić information content (AvgIpc) is 3.00. The van der Waals surface area contributed by atoms with Gasteiger partial charge in [-0.05, 0) is 43.0 Å². The minimum absolute atomic E-state index is 0.0780. The average molecular weight is 515 g/mol. The summed E-state index contributed by atoms with van der Waals surface area (Å²) in [5.41, 5.74) is 1.56. The zero-order valence-corrected chi connectivity index (χ0v) is 20.7. The fraction of sp³-hybridized carbons (Fsp3) is 0.458. The topological polar surface area (TPSA) is 77.3 Å². The van der Waals surface area contributed by atoms with Crippen LogP contribution in [-0.2, 0) is 15.6 Å².